The second-order valence-electron chi connectivity index (χ2n) is 19.5. The average molecular weight is 952 g/mol. The highest BCUT2D eigenvalue weighted by Crippen LogP contribution is 2.17. The number of hydrogen-bond acceptors (Lipinski definition) is 6. The van der Waals surface area contributed by atoms with Crippen molar-refractivity contribution in [2.75, 3.05) is 13.2 Å². The first-order valence-electron chi connectivity index (χ1n) is 29.3. The summed E-state index contributed by atoms with van der Waals surface area (Å²) >= 11 is 0. The number of rotatable bonds is 53. The average Bonchev–Trinajstić information content (AvgIpc) is 3.34. The summed E-state index contributed by atoms with van der Waals surface area (Å²) in [6.07, 6.45) is 71.2. The summed E-state index contributed by atoms with van der Waals surface area (Å²) in [5.41, 5.74) is 0. The highest BCUT2D eigenvalue weighted by molar-refractivity contribution is 5.71. The van der Waals surface area contributed by atoms with Crippen molar-refractivity contribution >= 4 is 17.9 Å². The first kappa shape index (κ1) is 65.1. The third kappa shape index (κ3) is 54.1. The van der Waals surface area contributed by atoms with E-state index in [0.29, 0.717) is 19.3 Å². The molecular formula is C62H110O6. The van der Waals surface area contributed by atoms with Crippen LogP contribution in [-0.4, -0.2) is 37.2 Å². The van der Waals surface area contributed by atoms with E-state index in [4.69, 9.17) is 14.2 Å². The molecule has 0 radical (unpaired) electrons. The molecule has 0 spiro atoms. The van der Waals surface area contributed by atoms with E-state index in [-0.39, 0.29) is 31.1 Å². The van der Waals surface area contributed by atoms with Crippen LogP contribution in [0, 0.1) is 0 Å². The molecule has 0 saturated heterocycles. The lowest BCUT2D eigenvalue weighted by Gasteiger charge is -2.18. The summed E-state index contributed by atoms with van der Waals surface area (Å²) in [6.45, 7) is 6.49. The summed E-state index contributed by atoms with van der Waals surface area (Å²) in [5.74, 6) is -0.867. The lowest BCUT2D eigenvalue weighted by Crippen LogP contribution is -2.30. The number of unbranched alkanes of at least 4 members (excludes halogenated alkanes) is 32. The maximum absolute atomic E-state index is 12.8. The van der Waals surface area contributed by atoms with Gasteiger partial charge in [-0.1, -0.05) is 274 Å². The predicted octanol–water partition coefficient (Wildman–Crippen LogP) is 19.6. The number of ether oxygens (including phenoxy) is 3. The van der Waals surface area contributed by atoms with Crippen LogP contribution < -0.4 is 0 Å². The van der Waals surface area contributed by atoms with Gasteiger partial charge in [-0.25, -0.2) is 0 Å². The Balaban J connectivity index is 3.98. The summed E-state index contributed by atoms with van der Waals surface area (Å²) in [6, 6.07) is 0. The zero-order valence-corrected chi connectivity index (χ0v) is 45.1. The second-order valence-corrected chi connectivity index (χ2v) is 19.5. The van der Waals surface area contributed by atoms with Gasteiger partial charge in [-0.3, -0.25) is 14.4 Å². The lowest BCUT2D eigenvalue weighted by atomic mass is 10.0. The van der Waals surface area contributed by atoms with Crippen LogP contribution >= 0.6 is 0 Å². The zero-order valence-electron chi connectivity index (χ0n) is 45.1. The maximum Gasteiger partial charge on any atom is 0.306 e. The van der Waals surface area contributed by atoms with E-state index in [1.54, 1.807) is 0 Å². The van der Waals surface area contributed by atoms with Crippen molar-refractivity contribution in [3.8, 4) is 0 Å². The molecular weight excluding hydrogens is 841 g/mol. The van der Waals surface area contributed by atoms with Crippen LogP contribution in [0.5, 0.6) is 0 Å². The van der Waals surface area contributed by atoms with Gasteiger partial charge in [0.1, 0.15) is 13.2 Å². The highest BCUT2D eigenvalue weighted by atomic mass is 16.6. The Kier molecular flexibility index (Phi) is 54.3. The van der Waals surface area contributed by atoms with Crippen LogP contribution in [0.4, 0.5) is 0 Å². The molecule has 6 heteroatoms. The van der Waals surface area contributed by atoms with Gasteiger partial charge in [0, 0.05) is 19.3 Å². The molecule has 0 aliphatic carbocycles. The van der Waals surface area contributed by atoms with Crippen molar-refractivity contribution in [1.82, 2.24) is 0 Å². The Morgan fingerprint density at radius 2 is 0.574 bits per heavy atom. The molecule has 68 heavy (non-hydrogen) atoms. The predicted molar refractivity (Wildman–Crippen MR) is 293 cm³/mol. The maximum atomic E-state index is 12.8. The van der Waals surface area contributed by atoms with Gasteiger partial charge in [0.15, 0.2) is 6.10 Å². The Labute approximate surface area is 421 Å². The molecule has 0 aromatic heterocycles. The van der Waals surface area contributed by atoms with Gasteiger partial charge in [0.25, 0.3) is 0 Å². The molecule has 0 N–H and O–H groups in total. The van der Waals surface area contributed by atoms with Crippen molar-refractivity contribution in [2.24, 2.45) is 0 Å². The van der Waals surface area contributed by atoms with Crippen LogP contribution in [0.15, 0.2) is 60.8 Å². The van der Waals surface area contributed by atoms with E-state index in [2.05, 4.69) is 81.5 Å². The van der Waals surface area contributed by atoms with E-state index >= 15 is 0 Å². The van der Waals surface area contributed by atoms with E-state index in [9.17, 15) is 14.4 Å². The molecule has 0 amide bonds. The van der Waals surface area contributed by atoms with E-state index < -0.39 is 6.10 Å². The van der Waals surface area contributed by atoms with Crippen molar-refractivity contribution in [3.63, 3.8) is 0 Å². The monoisotopic (exact) mass is 951 g/mol. The molecule has 1 unspecified atom stereocenters. The fourth-order valence-corrected chi connectivity index (χ4v) is 8.41. The molecule has 0 aromatic carbocycles. The normalized spacial score (nSPS) is 12.5. The number of hydrogen-bond donors (Lipinski definition) is 0. The van der Waals surface area contributed by atoms with Crippen LogP contribution in [0.25, 0.3) is 0 Å². The number of esters is 3. The van der Waals surface area contributed by atoms with Gasteiger partial charge >= 0.3 is 17.9 Å². The third-order valence-corrected chi connectivity index (χ3v) is 12.8. The minimum absolute atomic E-state index is 0.0695. The van der Waals surface area contributed by atoms with Gasteiger partial charge in [-0.2, -0.15) is 0 Å². The standard InChI is InChI=1S/C62H110O6/c1-4-7-10-13-16-18-20-22-23-24-25-26-27-28-29-30-31-32-33-34-35-36-37-38-39-41-42-44-46-49-52-55-61(64)67-58-59(57-66-60(63)54-51-48-15-12-9-6-3)68-62(65)56-53-50-47-45-43-40-21-19-17-14-11-8-5-2/h7,10,16,18,22-23,25-26,28-29,59H,4-6,8-9,11-15,17,19-21,24,27,30-58H2,1-3H3/b10-7-,18-16-,23-22-,26-25-,29-28-. The van der Waals surface area contributed by atoms with Gasteiger partial charge in [0.2, 0.25) is 0 Å². The molecule has 0 fully saturated rings. The molecule has 0 aliphatic heterocycles. The minimum atomic E-state index is -0.766. The molecule has 0 heterocycles. The topological polar surface area (TPSA) is 78.9 Å². The van der Waals surface area contributed by atoms with Crippen LogP contribution in [0.3, 0.4) is 0 Å². The highest BCUT2D eigenvalue weighted by Gasteiger charge is 2.19. The second kappa shape index (κ2) is 56.7. The molecule has 0 aromatic rings. The zero-order chi connectivity index (χ0) is 49.3. The van der Waals surface area contributed by atoms with Crippen LogP contribution in [0.2, 0.25) is 0 Å². The van der Waals surface area contributed by atoms with E-state index in [1.165, 1.54) is 167 Å². The SMILES string of the molecule is CC/C=C\C/C=C\C/C=C\C/C=C\C/C=C\CCCCCCCCCCCCCCCCCC(=O)OCC(COC(=O)CCCCCCCC)OC(=O)CCCCCCCCCCCCCCC. The Morgan fingerprint density at radius 3 is 0.897 bits per heavy atom. The Hall–Kier alpha value is -2.89. The van der Waals surface area contributed by atoms with Gasteiger partial charge in [-0.05, 0) is 64.2 Å². The quantitative estimate of drug-likeness (QED) is 0.0262. The van der Waals surface area contributed by atoms with Gasteiger partial charge in [-0.15, -0.1) is 0 Å². The largest absolute Gasteiger partial charge is 0.462 e. The summed E-state index contributed by atoms with van der Waals surface area (Å²) < 4.78 is 16.7. The van der Waals surface area contributed by atoms with Crippen molar-refractivity contribution in [3.05, 3.63) is 60.8 Å². The smallest absolute Gasteiger partial charge is 0.306 e. The molecule has 394 valence electrons. The lowest BCUT2D eigenvalue weighted by molar-refractivity contribution is -0.167. The fourth-order valence-electron chi connectivity index (χ4n) is 8.41. The first-order chi connectivity index (χ1) is 33.5. The summed E-state index contributed by atoms with van der Waals surface area (Å²) in [7, 11) is 0. The van der Waals surface area contributed by atoms with Crippen molar-refractivity contribution in [2.45, 2.75) is 303 Å². The number of carbonyl (C=O) groups excluding carboxylic acids is 3. The molecule has 0 aliphatic rings. The number of carbonyl (C=O) groups is 3. The van der Waals surface area contributed by atoms with Crippen LogP contribution in [0.1, 0.15) is 297 Å². The molecule has 0 rings (SSSR count). The van der Waals surface area contributed by atoms with E-state index in [0.717, 1.165) is 89.9 Å². The number of allylic oxidation sites excluding steroid dienone is 10. The van der Waals surface area contributed by atoms with Crippen LogP contribution in [-0.2, 0) is 28.6 Å². The summed E-state index contributed by atoms with van der Waals surface area (Å²) in [4.78, 5) is 37.8. The Bertz CT molecular complexity index is 1230. The molecule has 0 bridgehead atoms. The Morgan fingerprint density at radius 1 is 0.309 bits per heavy atom. The third-order valence-electron chi connectivity index (χ3n) is 12.8. The minimum Gasteiger partial charge on any atom is -0.462 e. The van der Waals surface area contributed by atoms with Gasteiger partial charge < -0.3 is 14.2 Å². The van der Waals surface area contributed by atoms with Gasteiger partial charge in [0.05, 0.1) is 0 Å². The van der Waals surface area contributed by atoms with Crippen molar-refractivity contribution in [1.29, 1.82) is 0 Å². The molecule has 6 nitrogen and oxygen atoms in total. The molecule has 1 atom stereocenters. The fraction of sp³-hybridized carbons (Fsp3) is 0.790. The van der Waals surface area contributed by atoms with Crippen molar-refractivity contribution < 1.29 is 28.6 Å². The summed E-state index contributed by atoms with van der Waals surface area (Å²) in [5, 5.41) is 0. The molecule has 0 saturated carbocycles. The van der Waals surface area contributed by atoms with E-state index in [1.807, 2.05) is 0 Å². The first-order valence-corrected chi connectivity index (χ1v) is 29.3.